The van der Waals surface area contributed by atoms with Crippen LogP contribution in [0.15, 0.2) is 0 Å². The van der Waals surface area contributed by atoms with E-state index in [1.54, 1.807) is 6.92 Å². The number of hydrogen-bond donors (Lipinski definition) is 2. The smallest absolute Gasteiger partial charge is 0.323 e. The molecule has 0 bridgehead atoms. The van der Waals surface area contributed by atoms with E-state index in [1.165, 1.54) is 19.1 Å². The number of carbonyl (C=O) groups is 4. The second-order valence-electron chi connectivity index (χ2n) is 4.86. The fourth-order valence-electron chi connectivity index (χ4n) is 1.62. The van der Waals surface area contributed by atoms with Crippen LogP contribution in [-0.2, 0) is 19.1 Å². The van der Waals surface area contributed by atoms with Crippen molar-refractivity contribution in [3.8, 4) is 0 Å². The van der Waals surface area contributed by atoms with Crippen LogP contribution in [-0.4, -0.2) is 54.6 Å². The van der Waals surface area contributed by atoms with Gasteiger partial charge in [-0.05, 0) is 12.3 Å². The number of nitrogens with one attached hydrogen (secondary N) is 1. The number of carbonyl (C=O) groups excluding carboxylic acids is 3. The fourth-order valence-corrected chi connectivity index (χ4v) is 1.62. The third kappa shape index (κ3) is 9.42. The molecule has 0 aliphatic carbocycles. The summed E-state index contributed by atoms with van der Waals surface area (Å²) in [7, 11) is 2.79. The number of carboxylic acids is 1. The lowest BCUT2D eigenvalue weighted by molar-refractivity contribution is -0.141. The average molecular weight is 302 g/mol. The average Bonchev–Trinajstić information content (AvgIpc) is 2.36. The third-order valence-electron chi connectivity index (χ3n) is 2.75. The molecular weight excluding hydrogens is 280 g/mol. The first-order valence-corrected chi connectivity index (χ1v) is 6.59. The normalized spacial score (nSPS) is 11.4. The molecule has 0 aromatic carbocycles. The molecule has 0 rings (SSSR count). The number of amides is 3. The van der Waals surface area contributed by atoms with Crippen molar-refractivity contribution >= 4 is 23.9 Å². The van der Waals surface area contributed by atoms with Gasteiger partial charge in [-0.3, -0.25) is 19.7 Å². The van der Waals surface area contributed by atoms with Crippen LogP contribution in [0, 0.1) is 5.92 Å². The van der Waals surface area contributed by atoms with Crippen LogP contribution in [0.3, 0.4) is 0 Å². The number of methoxy groups -OCH3 is 1. The first kappa shape index (κ1) is 18.9. The molecule has 1 atom stereocenters. The summed E-state index contributed by atoms with van der Waals surface area (Å²) in [5.41, 5.74) is 0. The topological polar surface area (TPSA) is 113 Å². The summed E-state index contributed by atoms with van der Waals surface area (Å²) < 4.78 is 4.47. The van der Waals surface area contributed by atoms with Gasteiger partial charge in [0.05, 0.1) is 7.11 Å². The number of carboxylic acid groups (broad SMARTS) is 1. The van der Waals surface area contributed by atoms with Crippen LogP contribution in [0.4, 0.5) is 4.79 Å². The largest absolute Gasteiger partial charge is 0.481 e. The molecule has 0 saturated carbocycles. The molecule has 0 aromatic rings. The highest BCUT2D eigenvalue weighted by molar-refractivity contribution is 5.94. The molecule has 2 N–H and O–H groups in total. The van der Waals surface area contributed by atoms with E-state index in [1.807, 2.05) is 0 Å². The number of hydrogen-bond acceptors (Lipinski definition) is 5. The van der Waals surface area contributed by atoms with E-state index in [9.17, 15) is 19.2 Å². The van der Waals surface area contributed by atoms with E-state index in [2.05, 4.69) is 10.1 Å². The molecule has 0 fully saturated rings. The molecule has 120 valence electrons. The molecule has 21 heavy (non-hydrogen) atoms. The summed E-state index contributed by atoms with van der Waals surface area (Å²) in [5, 5.41) is 10.8. The van der Waals surface area contributed by atoms with Gasteiger partial charge in [0.1, 0.15) is 0 Å². The van der Waals surface area contributed by atoms with Crippen molar-refractivity contribution in [1.82, 2.24) is 10.2 Å². The molecule has 0 spiro atoms. The maximum Gasteiger partial charge on any atom is 0.323 e. The zero-order valence-electron chi connectivity index (χ0n) is 12.5. The summed E-state index contributed by atoms with van der Waals surface area (Å²) in [6.45, 7) is 1.93. The molecule has 0 radical (unpaired) electrons. The van der Waals surface area contributed by atoms with Crippen LogP contribution in [0.1, 0.15) is 32.6 Å². The fraction of sp³-hybridized carbons (Fsp3) is 0.692. The predicted octanol–water partition coefficient (Wildman–Crippen LogP) is 0.608. The summed E-state index contributed by atoms with van der Waals surface area (Å²) >= 11 is 0. The summed E-state index contributed by atoms with van der Waals surface area (Å²) in [5.74, 6) is -2.21. The lowest BCUT2D eigenvalue weighted by Gasteiger charge is -2.17. The summed E-state index contributed by atoms with van der Waals surface area (Å²) in [6.07, 6.45) is 0.461. The number of urea groups is 1. The van der Waals surface area contributed by atoms with Crippen molar-refractivity contribution < 1.29 is 29.0 Å². The van der Waals surface area contributed by atoms with E-state index < -0.39 is 17.9 Å². The van der Waals surface area contributed by atoms with E-state index in [0.29, 0.717) is 13.0 Å². The zero-order valence-corrected chi connectivity index (χ0v) is 12.5. The minimum absolute atomic E-state index is 0.0337. The number of ether oxygens (including phenoxy) is 1. The Morgan fingerprint density at radius 2 is 1.86 bits per heavy atom. The van der Waals surface area contributed by atoms with E-state index in [0.717, 1.165) is 0 Å². The van der Waals surface area contributed by atoms with Crippen LogP contribution >= 0.6 is 0 Å². The van der Waals surface area contributed by atoms with Gasteiger partial charge in [-0.15, -0.1) is 0 Å². The Morgan fingerprint density at radius 1 is 1.24 bits per heavy atom. The molecular formula is C13H22N2O6. The second-order valence-corrected chi connectivity index (χ2v) is 4.86. The Labute approximate surface area is 123 Å². The lowest BCUT2D eigenvalue weighted by Crippen LogP contribution is -2.41. The monoisotopic (exact) mass is 302 g/mol. The van der Waals surface area contributed by atoms with Crippen LogP contribution in [0.5, 0.6) is 0 Å². The predicted molar refractivity (Wildman–Crippen MR) is 73.5 cm³/mol. The highest BCUT2D eigenvalue weighted by Gasteiger charge is 2.16. The Hall–Kier alpha value is -2.12. The molecule has 0 aromatic heterocycles. The highest BCUT2D eigenvalue weighted by atomic mass is 16.5. The summed E-state index contributed by atoms with van der Waals surface area (Å²) in [4.78, 5) is 45.9. The molecule has 1 unspecified atom stereocenters. The van der Waals surface area contributed by atoms with Crippen molar-refractivity contribution in [2.45, 2.75) is 32.6 Å². The molecule has 0 heterocycles. The number of rotatable bonds is 8. The van der Waals surface area contributed by atoms with Gasteiger partial charge in [0.25, 0.3) is 0 Å². The van der Waals surface area contributed by atoms with Gasteiger partial charge < -0.3 is 14.7 Å². The molecule has 0 saturated heterocycles. The van der Waals surface area contributed by atoms with Gasteiger partial charge in [0, 0.05) is 32.9 Å². The van der Waals surface area contributed by atoms with E-state index in [-0.39, 0.29) is 31.1 Å². The molecule has 0 aliphatic heterocycles. The van der Waals surface area contributed by atoms with Gasteiger partial charge in [0.2, 0.25) is 5.91 Å². The number of nitrogens with zero attached hydrogens (tertiary/aromatic N) is 1. The first-order valence-electron chi connectivity index (χ1n) is 6.59. The van der Waals surface area contributed by atoms with Crippen molar-refractivity contribution in [2.24, 2.45) is 5.92 Å². The number of aliphatic carboxylic acids is 1. The van der Waals surface area contributed by atoms with Crippen LogP contribution in [0.25, 0.3) is 0 Å². The first-order chi connectivity index (χ1) is 9.76. The minimum Gasteiger partial charge on any atom is -0.481 e. The zero-order chi connectivity index (χ0) is 16.4. The summed E-state index contributed by atoms with van der Waals surface area (Å²) in [6, 6.07) is -0.576. The maximum absolute atomic E-state index is 11.7. The van der Waals surface area contributed by atoms with Crippen LogP contribution < -0.4 is 5.32 Å². The van der Waals surface area contributed by atoms with Gasteiger partial charge in [-0.25, -0.2) is 4.79 Å². The third-order valence-corrected chi connectivity index (χ3v) is 2.75. The molecule has 8 nitrogen and oxygen atoms in total. The van der Waals surface area contributed by atoms with Crippen molar-refractivity contribution in [1.29, 1.82) is 0 Å². The molecule has 0 aliphatic rings. The van der Waals surface area contributed by atoms with Gasteiger partial charge >= 0.3 is 18.0 Å². The van der Waals surface area contributed by atoms with Crippen molar-refractivity contribution in [3.63, 3.8) is 0 Å². The maximum atomic E-state index is 11.7. The van der Waals surface area contributed by atoms with E-state index in [4.69, 9.17) is 5.11 Å². The standard InChI is InChI=1S/C13H22N2O6/c1-9(8-11(17)18)7-10(16)14-13(20)15(2)6-4-5-12(19)21-3/h9H,4-8H2,1-3H3,(H,17,18)(H,14,16,20). The van der Waals surface area contributed by atoms with Crippen molar-refractivity contribution in [3.05, 3.63) is 0 Å². The van der Waals surface area contributed by atoms with Crippen LogP contribution in [0.2, 0.25) is 0 Å². The Kier molecular flexibility index (Phi) is 8.75. The quantitative estimate of drug-likeness (QED) is 0.635. The SMILES string of the molecule is COC(=O)CCCN(C)C(=O)NC(=O)CC(C)CC(=O)O. The molecule has 3 amide bonds. The molecule has 8 heteroatoms. The second kappa shape index (κ2) is 9.73. The van der Waals surface area contributed by atoms with Gasteiger partial charge in [0.15, 0.2) is 0 Å². The number of esters is 1. The Bertz CT molecular complexity index is 396. The van der Waals surface area contributed by atoms with Gasteiger partial charge in [-0.2, -0.15) is 0 Å². The number of imide groups is 1. The Balaban J connectivity index is 4.02. The van der Waals surface area contributed by atoms with Gasteiger partial charge in [-0.1, -0.05) is 6.92 Å². The highest BCUT2D eigenvalue weighted by Crippen LogP contribution is 2.07. The lowest BCUT2D eigenvalue weighted by atomic mass is 10.0. The minimum atomic E-state index is -0.985. The Morgan fingerprint density at radius 3 is 2.38 bits per heavy atom. The van der Waals surface area contributed by atoms with Crippen molar-refractivity contribution in [2.75, 3.05) is 20.7 Å². The van der Waals surface area contributed by atoms with E-state index >= 15 is 0 Å².